The van der Waals surface area contributed by atoms with Gasteiger partial charge in [0.1, 0.15) is 11.5 Å². The van der Waals surface area contributed by atoms with Crippen LogP contribution in [-0.4, -0.2) is 61.6 Å². The number of ether oxygens (including phenoxy) is 3. The van der Waals surface area contributed by atoms with E-state index in [9.17, 15) is 9.59 Å². The average Bonchev–Trinajstić information content (AvgIpc) is 3.67. The average molecular weight is 439 g/mol. The number of benzene rings is 2. The van der Waals surface area contributed by atoms with E-state index in [0.717, 1.165) is 35.5 Å². The van der Waals surface area contributed by atoms with Gasteiger partial charge in [0.15, 0.2) is 0 Å². The van der Waals surface area contributed by atoms with Crippen LogP contribution in [0.1, 0.15) is 24.0 Å². The summed E-state index contributed by atoms with van der Waals surface area (Å²) in [7, 11) is 3.26. The largest absolute Gasteiger partial charge is 0.497 e. The fourth-order valence-corrected chi connectivity index (χ4v) is 3.92. The van der Waals surface area contributed by atoms with Gasteiger partial charge in [0.25, 0.3) is 0 Å². The fraction of sp³-hybridized carbons (Fsp3) is 0.440. The molecule has 1 saturated carbocycles. The Bertz CT molecular complexity index is 942. The van der Waals surface area contributed by atoms with Crippen molar-refractivity contribution in [2.24, 2.45) is 5.92 Å². The highest BCUT2D eigenvalue weighted by Crippen LogP contribution is 2.31. The van der Waals surface area contributed by atoms with Crippen molar-refractivity contribution in [3.63, 3.8) is 0 Å². The molecule has 2 aromatic rings. The van der Waals surface area contributed by atoms with E-state index < -0.39 is 0 Å². The molecule has 2 amide bonds. The topological polar surface area (TPSA) is 68.3 Å². The predicted molar refractivity (Wildman–Crippen MR) is 119 cm³/mol. The molecule has 2 aliphatic rings. The Morgan fingerprint density at radius 2 is 1.72 bits per heavy atom. The SMILES string of the molecule is COc1ccc(CN2CC(OCc3cccc(OC)c3)CN(C(=O)C3CC3)CC2=O)cc1. The first-order chi connectivity index (χ1) is 15.6. The third-order valence-corrected chi connectivity index (χ3v) is 5.92. The highest BCUT2D eigenvalue weighted by atomic mass is 16.5. The summed E-state index contributed by atoms with van der Waals surface area (Å²) >= 11 is 0. The standard InChI is InChI=1S/C25H30N2O5/c1-30-21-10-6-18(7-11-21)13-26-14-23(32-17-19-4-3-5-22(12-19)31-2)15-27(16-24(26)28)25(29)20-8-9-20/h3-7,10-12,20,23H,8-9,13-17H2,1-2H3. The predicted octanol–water partition coefficient (Wildman–Crippen LogP) is 2.87. The monoisotopic (exact) mass is 438 g/mol. The van der Waals surface area contributed by atoms with Crippen molar-refractivity contribution in [2.75, 3.05) is 33.9 Å². The molecule has 1 aliphatic carbocycles. The molecular formula is C25H30N2O5. The number of rotatable bonds is 8. The van der Waals surface area contributed by atoms with E-state index >= 15 is 0 Å². The molecule has 1 heterocycles. The van der Waals surface area contributed by atoms with Crippen LogP contribution < -0.4 is 9.47 Å². The molecule has 0 aromatic heterocycles. The van der Waals surface area contributed by atoms with Crippen LogP contribution in [-0.2, 0) is 27.5 Å². The van der Waals surface area contributed by atoms with E-state index in [0.29, 0.717) is 26.2 Å². The van der Waals surface area contributed by atoms with Gasteiger partial charge in [-0.15, -0.1) is 0 Å². The number of nitrogens with zero attached hydrogens (tertiary/aromatic N) is 2. The Kier molecular flexibility index (Phi) is 6.95. The summed E-state index contributed by atoms with van der Waals surface area (Å²) in [5.41, 5.74) is 1.99. The second kappa shape index (κ2) is 10.0. The van der Waals surface area contributed by atoms with Gasteiger partial charge in [-0.25, -0.2) is 0 Å². The van der Waals surface area contributed by atoms with Crippen LogP contribution in [0.2, 0.25) is 0 Å². The van der Waals surface area contributed by atoms with Crippen molar-refractivity contribution in [1.82, 2.24) is 9.80 Å². The molecule has 2 aromatic carbocycles. The Morgan fingerprint density at radius 3 is 2.41 bits per heavy atom. The first-order valence-electron chi connectivity index (χ1n) is 11.0. The maximum Gasteiger partial charge on any atom is 0.242 e. The van der Waals surface area contributed by atoms with Crippen LogP contribution >= 0.6 is 0 Å². The summed E-state index contributed by atoms with van der Waals surface area (Å²) in [6, 6.07) is 15.4. The summed E-state index contributed by atoms with van der Waals surface area (Å²) < 4.78 is 16.7. The van der Waals surface area contributed by atoms with E-state index in [1.165, 1.54) is 0 Å². The molecule has 0 bridgehead atoms. The van der Waals surface area contributed by atoms with Gasteiger partial charge in [0.05, 0.1) is 33.5 Å². The zero-order valence-electron chi connectivity index (χ0n) is 18.7. The van der Waals surface area contributed by atoms with Gasteiger partial charge < -0.3 is 24.0 Å². The van der Waals surface area contributed by atoms with Crippen molar-refractivity contribution in [2.45, 2.75) is 32.1 Å². The highest BCUT2D eigenvalue weighted by Gasteiger charge is 2.38. The van der Waals surface area contributed by atoms with E-state index in [4.69, 9.17) is 14.2 Å². The van der Waals surface area contributed by atoms with Gasteiger partial charge in [-0.2, -0.15) is 0 Å². The van der Waals surface area contributed by atoms with Crippen LogP contribution in [0.3, 0.4) is 0 Å². The first kappa shape index (κ1) is 22.1. The molecule has 1 unspecified atom stereocenters. The molecule has 170 valence electrons. The van der Waals surface area contributed by atoms with Crippen molar-refractivity contribution < 1.29 is 23.8 Å². The Labute approximate surface area is 188 Å². The Hall–Kier alpha value is -3.06. The van der Waals surface area contributed by atoms with Crippen LogP contribution in [0, 0.1) is 5.92 Å². The molecule has 2 fully saturated rings. The fourth-order valence-electron chi connectivity index (χ4n) is 3.92. The number of methoxy groups -OCH3 is 2. The minimum Gasteiger partial charge on any atom is -0.497 e. The summed E-state index contributed by atoms with van der Waals surface area (Å²) in [5.74, 6) is 1.63. The third kappa shape index (κ3) is 5.59. The number of carbonyl (C=O) groups is 2. The normalized spacial score (nSPS) is 18.9. The zero-order chi connectivity index (χ0) is 22.5. The molecule has 32 heavy (non-hydrogen) atoms. The number of hydrogen-bond acceptors (Lipinski definition) is 5. The summed E-state index contributed by atoms with van der Waals surface area (Å²) in [4.78, 5) is 29.3. The minimum atomic E-state index is -0.270. The van der Waals surface area contributed by atoms with Crippen molar-refractivity contribution in [1.29, 1.82) is 0 Å². The highest BCUT2D eigenvalue weighted by molar-refractivity contribution is 5.87. The molecule has 0 N–H and O–H groups in total. The molecule has 7 heteroatoms. The first-order valence-corrected chi connectivity index (χ1v) is 11.0. The van der Waals surface area contributed by atoms with Gasteiger partial charge in [0, 0.05) is 25.6 Å². The maximum atomic E-state index is 13.0. The third-order valence-electron chi connectivity index (χ3n) is 5.92. The molecule has 1 saturated heterocycles. The minimum absolute atomic E-state index is 0.0534. The van der Waals surface area contributed by atoms with Crippen LogP contribution in [0.4, 0.5) is 0 Å². The van der Waals surface area contributed by atoms with Crippen LogP contribution in [0.15, 0.2) is 48.5 Å². The second-order valence-corrected chi connectivity index (χ2v) is 8.40. The van der Waals surface area contributed by atoms with Gasteiger partial charge in [-0.3, -0.25) is 9.59 Å². The van der Waals surface area contributed by atoms with E-state index in [1.54, 1.807) is 24.0 Å². The van der Waals surface area contributed by atoms with E-state index in [-0.39, 0.29) is 30.4 Å². The van der Waals surface area contributed by atoms with Gasteiger partial charge in [-0.1, -0.05) is 24.3 Å². The van der Waals surface area contributed by atoms with Crippen LogP contribution in [0.25, 0.3) is 0 Å². The zero-order valence-corrected chi connectivity index (χ0v) is 18.7. The molecule has 7 nitrogen and oxygen atoms in total. The lowest BCUT2D eigenvalue weighted by molar-refractivity contribution is -0.139. The quantitative estimate of drug-likeness (QED) is 0.634. The van der Waals surface area contributed by atoms with Gasteiger partial charge >= 0.3 is 0 Å². The van der Waals surface area contributed by atoms with Crippen LogP contribution in [0.5, 0.6) is 11.5 Å². The Morgan fingerprint density at radius 1 is 0.969 bits per heavy atom. The van der Waals surface area contributed by atoms with E-state index in [1.807, 2.05) is 48.5 Å². The maximum absolute atomic E-state index is 13.0. The Balaban J connectivity index is 1.47. The van der Waals surface area contributed by atoms with Crippen molar-refractivity contribution in [3.8, 4) is 11.5 Å². The number of amides is 2. The second-order valence-electron chi connectivity index (χ2n) is 8.40. The smallest absolute Gasteiger partial charge is 0.242 e. The molecule has 4 rings (SSSR count). The summed E-state index contributed by atoms with van der Waals surface area (Å²) in [5, 5.41) is 0. The lowest BCUT2D eigenvalue weighted by atomic mass is 10.2. The molecule has 1 atom stereocenters. The van der Waals surface area contributed by atoms with Crippen molar-refractivity contribution in [3.05, 3.63) is 59.7 Å². The number of carbonyl (C=O) groups excluding carboxylic acids is 2. The van der Waals surface area contributed by atoms with Crippen molar-refractivity contribution >= 4 is 11.8 Å². The van der Waals surface area contributed by atoms with Gasteiger partial charge in [-0.05, 0) is 48.2 Å². The molecule has 0 radical (unpaired) electrons. The summed E-state index contributed by atoms with van der Waals surface area (Å²) in [6.45, 7) is 1.81. The van der Waals surface area contributed by atoms with E-state index in [2.05, 4.69) is 0 Å². The molecule has 0 spiro atoms. The molecule has 1 aliphatic heterocycles. The van der Waals surface area contributed by atoms with Gasteiger partial charge in [0.2, 0.25) is 11.8 Å². The number of hydrogen-bond donors (Lipinski definition) is 0. The lowest BCUT2D eigenvalue weighted by Crippen LogP contribution is -2.40. The summed E-state index contributed by atoms with van der Waals surface area (Å²) in [6.07, 6.45) is 1.55. The molecular weight excluding hydrogens is 408 g/mol. The lowest BCUT2D eigenvalue weighted by Gasteiger charge is -2.25.